The third-order valence-corrected chi connectivity index (χ3v) is 5.46. The standard InChI is InChI=1S/C23H21ClN2O6/c1-3-32-22(28)19(14-16-13-18(31-2)9-10-20(16)26(29)30)23(11-4-12-25-23)21(27)15-5-7-17(24)8-6-15/h4-13,19H,3,14H2,1-2H3. The fourth-order valence-corrected chi connectivity index (χ4v) is 3.77. The van der Waals surface area contributed by atoms with E-state index in [2.05, 4.69) is 4.99 Å². The Bertz CT molecular complexity index is 1080. The summed E-state index contributed by atoms with van der Waals surface area (Å²) in [4.78, 5) is 42.1. The normalized spacial score (nSPS) is 17.7. The van der Waals surface area contributed by atoms with Crippen molar-refractivity contribution in [2.75, 3.05) is 13.7 Å². The molecule has 0 N–H and O–H groups in total. The Morgan fingerprint density at radius 2 is 1.94 bits per heavy atom. The van der Waals surface area contributed by atoms with Gasteiger partial charge in [-0.3, -0.25) is 24.7 Å². The van der Waals surface area contributed by atoms with Crippen LogP contribution in [0.5, 0.6) is 5.75 Å². The van der Waals surface area contributed by atoms with Gasteiger partial charge in [-0.15, -0.1) is 0 Å². The van der Waals surface area contributed by atoms with Crippen molar-refractivity contribution in [2.45, 2.75) is 18.9 Å². The Hall–Kier alpha value is -3.52. The van der Waals surface area contributed by atoms with Crippen molar-refractivity contribution in [3.05, 3.63) is 80.9 Å². The highest BCUT2D eigenvalue weighted by Crippen LogP contribution is 2.37. The van der Waals surface area contributed by atoms with Gasteiger partial charge in [-0.2, -0.15) is 0 Å². The molecule has 9 heteroatoms. The van der Waals surface area contributed by atoms with E-state index in [4.69, 9.17) is 21.1 Å². The molecule has 8 nitrogen and oxygen atoms in total. The Balaban J connectivity index is 2.12. The van der Waals surface area contributed by atoms with Gasteiger partial charge in [0.2, 0.25) is 0 Å². The monoisotopic (exact) mass is 456 g/mol. The quantitative estimate of drug-likeness (QED) is 0.241. The van der Waals surface area contributed by atoms with Gasteiger partial charge in [-0.25, -0.2) is 0 Å². The molecule has 0 fully saturated rings. The maximum Gasteiger partial charge on any atom is 0.312 e. The maximum atomic E-state index is 13.6. The number of ether oxygens (including phenoxy) is 2. The first-order valence-corrected chi connectivity index (χ1v) is 10.2. The van der Waals surface area contributed by atoms with E-state index in [1.165, 1.54) is 37.6 Å². The number of hydrogen-bond acceptors (Lipinski definition) is 7. The molecular weight excluding hydrogens is 436 g/mol. The molecule has 3 rings (SSSR count). The zero-order valence-electron chi connectivity index (χ0n) is 17.5. The third kappa shape index (κ3) is 4.55. The molecule has 2 aromatic carbocycles. The number of nitro benzene ring substituents is 1. The molecule has 1 heterocycles. The first-order chi connectivity index (χ1) is 15.3. The highest BCUT2D eigenvalue weighted by Gasteiger charge is 2.49. The van der Waals surface area contributed by atoms with E-state index in [-0.39, 0.29) is 24.3 Å². The Kier molecular flexibility index (Phi) is 7.05. The second kappa shape index (κ2) is 9.74. The average molecular weight is 457 g/mol. The van der Waals surface area contributed by atoms with E-state index in [9.17, 15) is 19.7 Å². The van der Waals surface area contributed by atoms with Gasteiger partial charge in [0.25, 0.3) is 5.69 Å². The minimum absolute atomic E-state index is 0.0776. The number of Topliss-reactive ketones (excluding diaryl/α,β-unsaturated/α-hetero) is 1. The lowest BCUT2D eigenvalue weighted by molar-refractivity contribution is -0.385. The minimum Gasteiger partial charge on any atom is -0.497 e. The number of nitrogens with zero attached hydrogens (tertiary/aromatic N) is 2. The Morgan fingerprint density at radius 1 is 1.22 bits per heavy atom. The van der Waals surface area contributed by atoms with Gasteiger partial charge in [0.15, 0.2) is 11.3 Å². The summed E-state index contributed by atoms with van der Waals surface area (Å²) < 4.78 is 10.5. The highest BCUT2D eigenvalue weighted by atomic mass is 35.5. The van der Waals surface area contributed by atoms with Gasteiger partial charge in [0.05, 0.1) is 24.6 Å². The molecule has 0 amide bonds. The smallest absolute Gasteiger partial charge is 0.312 e. The average Bonchev–Trinajstić information content (AvgIpc) is 3.28. The first-order valence-electron chi connectivity index (χ1n) is 9.83. The number of rotatable bonds is 9. The van der Waals surface area contributed by atoms with Crippen molar-refractivity contribution in [2.24, 2.45) is 10.9 Å². The molecule has 0 aliphatic carbocycles. The molecule has 0 radical (unpaired) electrons. The molecule has 0 spiro atoms. The molecular formula is C23H21ClN2O6. The number of carbonyl (C=O) groups excluding carboxylic acids is 2. The molecule has 166 valence electrons. The van der Waals surface area contributed by atoms with Crippen LogP contribution in [0.1, 0.15) is 22.8 Å². The highest BCUT2D eigenvalue weighted by molar-refractivity contribution is 6.30. The summed E-state index contributed by atoms with van der Waals surface area (Å²) in [6.45, 7) is 1.72. The zero-order valence-corrected chi connectivity index (χ0v) is 18.2. The molecule has 2 atom stereocenters. The molecule has 32 heavy (non-hydrogen) atoms. The number of allylic oxidation sites excluding steroid dienone is 1. The van der Waals surface area contributed by atoms with Crippen LogP contribution in [0.3, 0.4) is 0 Å². The number of aliphatic imine (C=N–C) groups is 1. The van der Waals surface area contributed by atoms with Crippen molar-refractivity contribution in [3.8, 4) is 5.75 Å². The lowest BCUT2D eigenvalue weighted by atomic mass is 9.75. The van der Waals surface area contributed by atoms with Crippen LogP contribution < -0.4 is 4.74 Å². The summed E-state index contributed by atoms with van der Waals surface area (Å²) in [6.07, 6.45) is 4.37. The van der Waals surface area contributed by atoms with Crippen molar-refractivity contribution in [1.82, 2.24) is 0 Å². The van der Waals surface area contributed by atoms with E-state index in [1.807, 2.05) is 0 Å². The second-order valence-corrected chi connectivity index (χ2v) is 7.50. The van der Waals surface area contributed by atoms with Crippen LogP contribution in [-0.2, 0) is 16.0 Å². The van der Waals surface area contributed by atoms with E-state index < -0.39 is 28.1 Å². The van der Waals surface area contributed by atoms with Gasteiger partial charge < -0.3 is 9.47 Å². The van der Waals surface area contributed by atoms with E-state index in [0.717, 1.165) is 0 Å². The molecule has 2 unspecified atom stereocenters. The molecule has 0 saturated heterocycles. The van der Waals surface area contributed by atoms with Crippen molar-refractivity contribution < 1.29 is 24.0 Å². The molecule has 0 bridgehead atoms. The minimum atomic E-state index is -1.61. The number of methoxy groups -OCH3 is 1. The van der Waals surface area contributed by atoms with E-state index in [0.29, 0.717) is 16.3 Å². The van der Waals surface area contributed by atoms with Crippen molar-refractivity contribution in [1.29, 1.82) is 0 Å². The lowest BCUT2D eigenvalue weighted by Crippen LogP contribution is -2.47. The largest absolute Gasteiger partial charge is 0.497 e. The molecule has 2 aromatic rings. The fourth-order valence-electron chi connectivity index (χ4n) is 3.64. The zero-order chi connectivity index (χ0) is 23.3. The number of hydrogen-bond donors (Lipinski definition) is 0. The van der Waals surface area contributed by atoms with Crippen molar-refractivity contribution in [3.63, 3.8) is 0 Å². The van der Waals surface area contributed by atoms with Crippen LogP contribution in [0.2, 0.25) is 5.02 Å². The third-order valence-electron chi connectivity index (χ3n) is 5.20. The van der Waals surface area contributed by atoms with Crippen LogP contribution in [0.4, 0.5) is 5.69 Å². The molecule has 0 saturated carbocycles. The first kappa shape index (κ1) is 23.1. The van der Waals surface area contributed by atoms with E-state index >= 15 is 0 Å². The predicted molar refractivity (Wildman–Crippen MR) is 120 cm³/mol. The van der Waals surface area contributed by atoms with Crippen LogP contribution in [-0.4, -0.2) is 42.1 Å². The van der Waals surface area contributed by atoms with Gasteiger partial charge in [0, 0.05) is 28.4 Å². The number of carbonyl (C=O) groups is 2. The van der Waals surface area contributed by atoms with Crippen molar-refractivity contribution >= 4 is 35.3 Å². The second-order valence-electron chi connectivity index (χ2n) is 7.06. The molecule has 1 aliphatic rings. The molecule has 0 aromatic heterocycles. The summed E-state index contributed by atoms with van der Waals surface area (Å²) >= 11 is 5.94. The van der Waals surface area contributed by atoms with Gasteiger partial charge >= 0.3 is 5.97 Å². The summed E-state index contributed by atoms with van der Waals surface area (Å²) in [6, 6.07) is 10.5. The number of halogens is 1. The summed E-state index contributed by atoms with van der Waals surface area (Å²) in [5, 5.41) is 12.1. The SMILES string of the molecule is CCOC(=O)C(Cc1cc(OC)ccc1[N+](=O)[O-])C1(C(=O)c2ccc(Cl)cc2)C=CC=N1. The number of esters is 1. The van der Waals surface area contributed by atoms with Crippen LogP contribution in [0.15, 0.2) is 59.6 Å². The number of benzene rings is 2. The van der Waals surface area contributed by atoms with E-state index in [1.54, 1.807) is 37.3 Å². The van der Waals surface area contributed by atoms with Gasteiger partial charge in [-0.05, 0) is 61.9 Å². The van der Waals surface area contributed by atoms with Gasteiger partial charge in [-0.1, -0.05) is 11.6 Å². The Morgan fingerprint density at radius 3 is 2.50 bits per heavy atom. The topological polar surface area (TPSA) is 108 Å². The Labute approximate surface area is 189 Å². The van der Waals surface area contributed by atoms with Crippen LogP contribution in [0, 0.1) is 16.0 Å². The van der Waals surface area contributed by atoms with Crippen LogP contribution in [0.25, 0.3) is 0 Å². The summed E-state index contributed by atoms with van der Waals surface area (Å²) in [5.74, 6) is -1.89. The fraction of sp³-hybridized carbons (Fsp3) is 0.261. The van der Waals surface area contributed by atoms with Crippen LogP contribution >= 0.6 is 11.6 Å². The summed E-state index contributed by atoms with van der Waals surface area (Å²) in [7, 11) is 1.43. The maximum absolute atomic E-state index is 13.6. The molecule has 1 aliphatic heterocycles. The summed E-state index contributed by atoms with van der Waals surface area (Å²) in [5.41, 5.74) is -1.28. The number of nitro groups is 1. The number of ketones is 1. The lowest BCUT2D eigenvalue weighted by Gasteiger charge is -2.31. The predicted octanol–water partition coefficient (Wildman–Crippen LogP) is 4.24. The van der Waals surface area contributed by atoms with Gasteiger partial charge in [0.1, 0.15) is 5.75 Å².